The zero-order chi connectivity index (χ0) is 16.6. The molecule has 2 atom stereocenters. The largest absolute Gasteiger partial charge is 0.414 e. The minimum Gasteiger partial charge on any atom is -0.414 e. The van der Waals surface area contributed by atoms with Crippen LogP contribution >= 0.6 is 0 Å². The molecule has 0 unspecified atom stereocenters. The van der Waals surface area contributed by atoms with Gasteiger partial charge in [0.25, 0.3) is 0 Å². The van der Waals surface area contributed by atoms with Gasteiger partial charge in [-0.3, -0.25) is 0 Å². The second kappa shape index (κ2) is 6.07. The molecule has 0 amide bonds. The summed E-state index contributed by atoms with van der Waals surface area (Å²) in [6, 6.07) is 9.20. The fraction of sp³-hybridized carbons (Fsp3) is 0.625. The molecule has 1 aliphatic heterocycles. The first kappa shape index (κ1) is 17.7. The van der Waals surface area contributed by atoms with Crippen molar-refractivity contribution in [1.29, 1.82) is 0 Å². The van der Waals surface area contributed by atoms with Crippen LogP contribution in [0.25, 0.3) is 0 Å². The number of rotatable bonds is 6. The summed E-state index contributed by atoms with van der Waals surface area (Å²) in [5.41, 5.74) is 0.0829. The molecule has 0 N–H and O–H groups in total. The van der Waals surface area contributed by atoms with Crippen LogP contribution in [-0.2, 0) is 24.8 Å². The van der Waals surface area contributed by atoms with E-state index in [2.05, 4.69) is 33.9 Å². The summed E-state index contributed by atoms with van der Waals surface area (Å²) in [5, 5.41) is 0.111. The van der Waals surface area contributed by atoms with Gasteiger partial charge in [0.05, 0.1) is 12.4 Å². The SMILES string of the molecule is CC(C)(C)[Si](C)(C)OC[C@@H]1O[C@H]1S(=O)(=O)Cc1ccccc1. The van der Waals surface area contributed by atoms with E-state index in [0.717, 1.165) is 5.56 Å². The Morgan fingerprint density at radius 3 is 2.32 bits per heavy atom. The number of benzene rings is 1. The fourth-order valence-corrected chi connectivity index (χ4v) is 4.64. The zero-order valence-corrected chi connectivity index (χ0v) is 15.8. The number of hydrogen-bond donors (Lipinski definition) is 0. The van der Waals surface area contributed by atoms with E-state index >= 15 is 0 Å². The lowest BCUT2D eigenvalue weighted by Gasteiger charge is -2.35. The molecule has 1 aliphatic rings. The highest BCUT2D eigenvalue weighted by Crippen LogP contribution is 2.38. The van der Waals surface area contributed by atoms with E-state index in [-0.39, 0.29) is 16.9 Å². The topological polar surface area (TPSA) is 55.9 Å². The lowest BCUT2D eigenvalue weighted by molar-refractivity contribution is 0.243. The van der Waals surface area contributed by atoms with Gasteiger partial charge >= 0.3 is 0 Å². The third-order valence-corrected chi connectivity index (χ3v) is 10.9. The lowest BCUT2D eigenvalue weighted by atomic mass is 10.2. The molecule has 1 aromatic carbocycles. The van der Waals surface area contributed by atoms with Gasteiger partial charge in [0.2, 0.25) is 0 Å². The monoisotopic (exact) mass is 342 g/mol. The molecule has 0 bridgehead atoms. The Morgan fingerprint density at radius 2 is 1.77 bits per heavy atom. The van der Waals surface area contributed by atoms with Gasteiger partial charge in [-0.05, 0) is 23.7 Å². The van der Waals surface area contributed by atoms with Crippen LogP contribution < -0.4 is 0 Å². The molecule has 4 nitrogen and oxygen atoms in total. The summed E-state index contributed by atoms with van der Waals surface area (Å²) < 4.78 is 36.1. The molecule has 0 radical (unpaired) electrons. The predicted molar refractivity (Wildman–Crippen MR) is 90.9 cm³/mol. The van der Waals surface area contributed by atoms with E-state index in [1.54, 1.807) is 0 Å². The smallest absolute Gasteiger partial charge is 0.192 e. The molecule has 22 heavy (non-hydrogen) atoms. The van der Waals surface area contributed by atoms with E-state index in [4.69, 9.17) is 9.16 Å². The summed E-state index contributed by atoms with van der Waals surface area (Å²) in [5.74, 6) is 0.0229. The van der Waals surface area contributed by atoms with Crippen molar-refractivity contribution < 1.29 is 17.6 Å². The molecule has 1 fully saturated rings. The average Bonchev–Trinajstić information content (AvgIpc) is 3.16. The summed E-state index contributed by atoms with van der Waals surface area (Å²) in [7, 11) is -5.14. The van der Waals surface area contributed by atoms with E-state index in [0.29, 0.717) is 6.61 Å². The highest BCUT2D eigenvalue weighted by atomic mass is 32.2. The van der Waals surface area contributed by atoms with Crippen molar-refractivity contribution in [3.05, 3.63) is 35.9 Å². The van der Waals surface area contributed by atoms with Crippen molar-refractivity contribution in [3.8, 4) is 0 Å². The van der Waals surface area contributed by atoms with Crippen molar-refractivity contribution in [2.75, 3.05) is 6.61 Å². The van der Waals surface area contributed by atoms with Crippen molar-refractivity contribution in [2.24, 2.45) is 0 Å². The van der Waals surface area contributed by atoms with Gasteiger partial charge in [-0.15, -0.1) is 0 Å². The minimum atomic E-state index is -3.28. The molecule has 1 saturated heterocycles. The Labute approximate surface area is 134 Å². The molecule has 0 aromatic heterocycles. The molecule has 124 valence electrons. The van der Waals surface area contributed by atoms with E-state index in [1.165, 1.54) is 0 Å². The van der Waals surface area contributed by atoms with Crippen molar-refractivity contribution in [3.63, 3.8) is 0 Å². The Hall–Kier alpha value is -0.693. The average molecular weight is 343 g/mol. The third kappa shape index (κ3) is 4.19. The highest BCUT2D eigenvalue weighted by molar-refractivity contribution is 7.91. The van der Waals surface area contributed by atoms with Crippen LogP contribution in [0.5, 0.6) is 0 Å². The van der Waals surface area contributed by atoms with Crippen LogP contribution in [0.15, 0.2) is 30.3 Å². The molecule has 1 aromatic rings. The molecule has 1 heterocycles. The van der Waals surface area contributed by atoms with Gasteiger partial charge in [0, 0.05) is 0 Å². The van der Waals surface area contributed by atoms with Gasteiger partial charge in [-0.25, -0.2) is 8.42 Å². The lowest BCUT2D eigenvalue weighted by Crippen LogP contribution is -2.41. The summed E-state index contributed by atoms with van der Waals surface area (Å²) in [6.45, 7) is 11.2. The highest BCUT2D eigenvalue weighted by Gasteiger charge is 2.50. The van der Waals surface area contributed by atoms with Crippen LogP contribution in [0.2, 0.25) is 18.1 Å². The first-order valence-electron chi connectivity index (χ1n) is 7.58. The maximum Gasteiger partial charge on any atom is 0.192 e. The fourth-order valence-electron chi connectivity index (χ4n) is 1.96. The zero-order valence-electron chi connectivity index (χ0n) is 14.0. The van der Waals surface area contributed by atoms with Gasteiger partial charge in [-0.2, -0.15) is 0 Å². The number of epoxide rings is 1. The standard InChI is InChI=1S/C16H26O4SSi/c1-16(2,3)22(4,5)19-11-14-15(20-14)21(17,18)12-13-9-7-6-8-10-13/h6-10,14-15H,11-12H2,1-5H3/t14-,15-/m0/s1. The van der Waals surface area contributed by atoms with Crippen LogP contribution in [0, 0.1) is 0 Å². The number of sulfone groups is 1. The van der Waals surface area contributed by atoms with Crippen molar-refractivity contribution >= 4 is 18.2 Å². The van der Waals surface area contributed by atoms with Crippen LogP contribution in [-0.4, -0.2) is 34.9 Å². The Morgan fingerprint density at radius 1 is 1.18 bits per heavy atom. The quantitative estimate of drug-likeness (QED) is 0.588. The van der Waals surface area contributed by atoms with Crippen LogP contribution in [0.1, 0.15) is 26.3 Å². The summed E-state index contributed by atoms with van der Waals surface area (Å²) in [6.07, 6.45) is -0.317. The first-order chi connectivity index (χ1) is 10.0. The molecule has 0 aliphatic carbocycles. The molecular weight excluding hydrogens is 316 g/mol. The molecule has 0 spiro atoms. The van der Waals surface area contributed by atoms with Gasteiger partial charge < -0.3 is 9.16 Å². The Bertz CT molecular complexity index is 605. The van der Waals surface area contributed by atoms with Gasteiger partial charge in [-0.1, -0.05) is 51.1 Å². The van der Waals surface area contributed by atoms with E-state index < -0.39 is 23.6 Å². The summed E-state index contributed by atoms with van der Waals surface area (Å²) in [4.78, 5) is 0. The molecule has 0 saturated carbocycles. The normalized spacial score (nSPS) is 22.6. The number of hydrogen-bond acceptors (Lipinski definition) is 4. The summed E-state index contributed by atoms with van der Waals surface area (Å²) >= 11 is 0. The van der Waals surface area contributed by atoms with Crippen LogP contribution in [0.3, 0.4) is 0 Å². The predicted octanol–water partition coefficient (Wildman–Crippen LogP) is 3.35. The molecule has 6 heteroatoms. The second-order valence-electron chi connectivity index (χ2n) is 7.41. The Balaban J connectivity index is 1.90. The van der Waals surface area contributed by atoms with E-state index in [9.17, 15) is 8.42 Å². The maximum atomic E-state index is 12.3. The second-order valence-corrected chi connectivity index (χ2v) is 14.3. The van der Waals surface area contributed by atoms with Gasteiger partial charge in [0.1, 0.15) is 6.10 Å². The van der Waals surface area contributed by atoms with Gasteiger partial charge in [0.15, 0.2) is 23.6 Å². The van der Waals surface area contributed by atoms with Crippen LogP contribution in [0.4, 0.5) is 0 Å². The molecule has 2 rings (SSSR count). The Kier molecular flexibility index (Phi) is 4.87. The van der Waals surface area contributed by atoms with Crippen molar-refractivity contribution in [2.45, 2.75) is 56.2 Å². The number of ether oxygens (including phenoxy) is 1. The minimum absolute atomic E-state index is 0.0229. The molecular formula is C16H26O4SSi. The van der Waals surface area contributed by atoms with Crippen molar-refractivity contribution in [1.82, 2.24) is 0 Å². The third-order valence-electron chi connectivity index (χ3n) is 4.52. The maximum absolute atomic E-state index is 12.3. The van der Waals surface area contributed by atoms with E-state index in [1.807, 2.05) is 30.3 Å². The first-order valence-corrected chi connectivity index (χ1v) is 12.2.